The number of unbranched alkanes of at least 4 members (excludes halogenated alkanes) is 5. The van der Waals surface area contributed by atoms with Crippen molar-refractivity contribution < 1.29 is 14.6 Å². The Balaban J connectivity index is 4.51. The molecule has 0 spiro atoms. The summed E-state index contributed by atoms with van der Waals surface area (Å²) in [5, 5.41) is 22.0. The normalized spacial score (nSPS) is 12.5. The van der Waals surface area contributed by atoms with Crippen LogP contribution in [0.15, 0.2) is 35.7 Å². The van der Waals surface area contributed by atoms with E-state index in [-0.39, 0.29) is 24.2 Å². The van der Waals surface area contributed by atoms with E-state index in [0.717, 1.165) is 38.5 Å². The van der Waals surface area contributed by atoms with Crippen molar-refractivity contribution in [3.63, 3.8) is 0 Å². The van der Waals surface area contributed by atoms with Crippen molar-refractivity contribution in [3.05, 3.63) is 55.9 Å². The molecule has 0 heterocycles. The van der Waals surface area contributed by atoms with Crippen molar-refractivity contribution in [1.29, 1.82) is 0 Å². The van der Waals surface area contributed by atoms with E-state index in [1.807, 2.05) is 19.3 Å². The first-order valence-corrected chi connectivity index (χ1v) is 8.69. The molecule has 0 N–H and O–H groups in total. The minimum Gasteiger partial charge on any atom is -0.291 e. The molecule has 0 amide bonds. The zero-order chi connectivity index (χ0) is 18.9. The molecule has 1 radical (unpaired) electrons. The van der Waals surface area contributed by atoms with Gasteiger partial charge in [-0.25, -0.2) is 0 Å². The third-order valence-electron chi connectivity index (χ3n) is 3.61. The quantitative estimate of drug-likeness (QED) is 0.181. The van der Waals surface area contributed by atoms with Crippen LogP contribution in [0.2, 0.25) is 0 Å². The smallest absolute Gasteiger partial charge is 0.246 e. The molecule has 0 atom stereocenters. The van der Waals surface area contributed by atoms with Gasteiger partial charge in [0.05, 0.1) is 16.3 Å². The lowest BCUT2D eigenvalue weighted by Gasteiger charge is -1.98. The Kier molecular flexibility index (Phi) is 13.8. The summed E-state index contributed by atoms with van der Waals surface area (Å²) in [5.41, 5.74) is 0.153. The molecule has 0 bridgehead atoms. The van der Waals surface area contributed by atoms with E-state index in [9.17, 15) is 25.0 Å². The maximum absolute atomic E-state index is 11.0. The zero-order valence-electron chi connectivity index (χ0n) is 14.8. The number of rotatable bonds is 15. The Morgan fingerprint density at radius 1 is 0.960 bits per heavy atom. The molecule has 0 aromatic carbocycles. The summed E-state index contributed by atoms with van der Waals surface area (Å²) >= 11 is 0. The summed E-state index contributed by atoms with van der Waals surface area (Å²) in [6.45, 7) is 2.02. The SMILES string of the molecule is CCCCC/C(=C\C/C=C(\C/C=C\CCCC[C]=O)[N+](=O)[O-])[N+](=O)[O-]. The van der Waals surface area contributed by atoms with Crippen LogP contribution in [0.4, 0.5) is 0 Å². The van der Waals surface area contributed by atoms with E-state index < -0.39 is 9.85 Å². The fourth-order valence-electron chi connectivity index (χ4n) is 2.17. The summed E-state index contributed by atoms with van der Waals surface area (Å²) in [4.78, 5) is 31.2. The molecule has 0 aromatic rings. The van der Waals surface area contributed by atoms with Gasteiger partial charge in [-0.05, 0) is 44.3 Å². The molecule has 0 aliphatic rings. The number of hydrogen-bond acceptors (Lipinski definition) is 5. The highest BCUT2D eigenvalue weighted by atomic mass is 16.6. The van der Waals surface area contributed by atoms with Crippen molar-refractivity contribution in [2.75, 3.05) is 0 Å². The van der Waals surface area contributed by atoms with Crippen LogP contribution in [-0.4, -0.2) is 16.1 Å². The monoisotopic (exact) mass is 351 g/mol. The fraction of sp³-hybridized carbons (Fsp3) is 0.611. The predicted molar refractivity (Wildman–Crippen MR) is 96.8 cm³/mol. The Labute approximate surface area is 148 Å². The summed E-state index contributed by atoms with van der Waals surface area (Å²) in [6, 6.07) is 0. The first-order valence-electron chi connectivity index (χ1n) is 8.69. The van der Waals surface area contributed by atoms with Crippen LogP contribution in [0.5, 0.6) is 0 Å². The standard InChI is InChI=1S/C18H27N2O5/c1-2-3-8-12-17(19(22)23)14-11-15-18(20(24)25)13-9-6-4-5-7-10-16-21/h6,9,14-15H,2-5,7-8,10-13H2,1H3/b9-6-,17-14+,18-15+. The van der Waals surface area contributed by atoms with Gasteiger partial charge in [0.2, 0.25) is 11.4 Å². The molecule has 0 rings (SSSR count). The maximum Gasteiger partial charge on any atom is 0.246 e. The van der Waals surface area contributed by atoms with Gasteiger partial charge in [-0.2, -0.15) is 0 Å². The minimum absolute atomic E-state index is 0.0324. The predicted octanol–water partition coefficient (Wildman–Crippen LogP) is 4.89. The molecule has 0 unspecified atom stereocenters. The molecular formula is C18H27N2O5. The lowest BCUT2D eigenvalue weighted by molar-refractivity contribution is -0.428. The number of hydrogen-bond donors (Lipinski definition) is 0. The summed E-state index contributed by atoms with van der Waals surface area (Å²) < 4.78 is 0. The van der Waals surface area contributed by atoms with Crippen LogP contribution in [0.3, 0.4) is 0 Å². The van der Waals surface area contributed by atoms with Crippen LogP contribution >= 0.6 is 0 Å². The van der Waals surface area contributed by atoms with E-state index >= 15 is 0 Å². The second kappa shape index (κ2) is 15.2. The van der Waals surface area contributed by atoms with E-state index in [1.54, 1.807) is 6.08 Å². The van der Waals surface area contributed by atoms with Gasteiger partial charge in [0.15, 0.2) is 6.29 Å². The van der Waals surface area contributed by atoms with Crippen LogP contribution < -0.4 is 0 Å². The molecule has 7 nitrogen and oxygen atoms in total. The highest BCUT2D eigenvalue weighted by Gasteiger charge is 2.11. The molecule has 0 saturated heterocycles. The van der Waals surface area contributed by atoms with Gasteiger partial charge in [0.25, 0.3) is 0 Å². The molecular weight excluding hydrogens is 324 g/mol. The molecule has 0 fully saturated rings. The highest BCUT2D eigenvalue weighted by Crippen LogP contribution is 2.12. The number of nitro groups is 2. The molecule has 7 heteroatoms. The van der Waals surface area contributed by atoms with Crippen LogP contribution in [0, 0.1) is 20.2 Å². The first-order chi connectivity index (χ1) is 12.0. The van der Waals surface area contributed by atoms with Crippen LogP contribution in [0.1, 0.15) is 71.1 Å². The van der Waals surface area contributed by atoms with Gasteiger partial charge >= 0.3 is 0 Å². The van der Waals surface area contributed by atoms with Gasteiger partial charge < -0.3 is 0 Å². The van der Waals surface area contributed by atoms with Crippen LogP contribution in [-0.2, 0) is 4.79 Å². The average molecular weight is 351 g/mol. The maximum atomic E-state index is 11.0. The molecule has 25 heavy (non-hydrogen) atoms. The molecule has 0 aromatic heterocycles. The topological polar surface area (TPSA) is 103 Å². The number of carbonyl (C=O) groups excluding carboxylic acids is 1. The van der Waals surface area contributed by atoms with Gasteiger partial charge in [0.1, 0.15) is 0 Å². The lowest BCUT2D eigenvalue weighted by Crippen LogP contribution is -2.00. The van der Waals surface area contributed by atoms with Crippen molar-refractivity contribution in [1.82, 2.24) is 0 Å². The van der Waals surface area contributed by atoms with E-state index in [2.05, 4.69) is 0 Å². The van der Waals surface area contributed by atoms with Crippen molar-refractivity contribution in [2.24, 2.45) is 0 Å². The van der Waals surface area contributed by atoms with Crippen molar-refractivity contribution in [2.45, 2.75) is 71.1 Å². The highest BCUT2D eigenvalue weighted by molar-refractivity contribution is 5.50. The van der Waals surface area contributed by atoms with Gasteiger partial charge in [-0.3, -0.25) is 25.0 Å². The van der Waals surface area contributed by atoms with Crippen molar-refractivity contribution in [3.8, 4) is 0 Å². The minimum atomic E-state index is -0.456. The Morgan fingerprint density at radius 2 is 1.64 bits per heavy atom. The molecule has 0 aliphatic heterocycles. The summed E-state index contributed by atoms with van der Waals surface area (Å²) in [5.74, 6) is 0. The lowest BCUT2D eigenvalue weighted by atomic mass is 10.1. The van der Waals surface area contributed by atoms with E-state index in [0.29, 0.717) is 12.8 Å². The molecule has 0 saturated carbocycles. The first kappa shape index (κ1) is 22.7. The van der Waals surface area contributed by atoms with Gasteiger partial charge in [-0.1, -0.05) is 31.9 Å². The molecule has 0 aliphatic carbocycles. The second-order valence-electron chi connectivity index (χ2n) is 5.66. The second-order valence-corrected chi connectivity index (χ2v) is 5.66. The average Bonchev–Trinajstić information content (AvgIpc) is 2.57. The number of allylic oxidation sites excluding steroid dienone is 5. The zero-order valence-corrected chi connectivity index (χ0v) is 14.8. The molecule has 139 valence electrons. The number of nitrogens with zero attached hydrogens (tertiary/aromatic N) is 2. The fourth-order valence-corrected chi connectivity index (χ4v) is 2.17. The van der Waals surface area contributed by atoms with Gasteiger partial charge in [0, 0.05) is 12.8 Å². The van der Waals surface area contributed by atoms with E-state index in [4.69, 9.17) is 0 Å². The van der Waals surface area contributed by atoms with E-state index in [1.165, 1.54) is 12.2 Å². The van der Waals surface area contributed by atoms with Crippen molar-refractivity contribution >= 4 is 6.29 Å². The Morgan fingerprint density at radius 3 is 2.24 bits per heavy atom. The Hall–Kier alpha value is -2.31. The van der Waals surface area contributed by atoms with Gasteiger partial charge in [-0.15, -0.1) is 0 Å². The third kappa shape index (κ3) is 12.7. The largest absolute Gasteiger partial charge is 0.291 e. The summed E-state index contributed by atoms with van der Waals surface area (Å²) in [6.07, 6.45) is 14.5. The Bertz CT molecular complexity index is 510. The summed E-state index contributed by atoms with van der Waals surface area (Å²) in [7, 11) is 0. The third-order valence-corrected chi connectivity index (χ3v) is 3.61. The van der Waals surface area contributed by atoms with Crippen LogP contribution in [0.25, 0.3) is 0 Å².